The Kier molecular flexibility index (Phi) is 5.75. The third-order valence-corrected chi connectivity index (χ3v) is 6.13. The van der Waals surface area contributed by atoms with Crippen LogP contribution >= 0.6 is 0 Å². The first kappa shape index (κ1) is 17.9. The smallest absolute Gasteiger partial charge is 0.241 e. The highest BCUT2D eigenvalue weighted by Crippen LogP contribution is 2.24. The van der Waals surface area contributed by atoms with Gasteiger partial charge in [-0.2, -0.15) is 4.31 Å². The molecule has 0 N–H and O–H groups in total. The van der Waals surface area contributed by atoms with E-state index in [1.807, 2.05) is 0 Å². The summed E-state index contributed by atoms with van der Waals surface area (Å²) >= 11 is 0. The molecule has 0 aromatic heterocycles. The van der Waals surface area contributed by atoms with Gasteiger partial charge in [0.2, 0.25) is 15.9 Å². The number of nitrogens with zero attached hydrogens (tertiary/aromatic N) is 2. The van der Waals surface area contributed by atoms with Crippen molar-refractivity contribution in [3.05, 3.63) is 35.6 Å². The van der Waals surface area contributed by atoms with Crippen molar-refractivity contribution in [2.45, 2.75) is 38.8 Å². The molecular weight excluding hydrogens is 319 g/mol. The summed E-state index contributed by atoms with van der Waals surface area (Å²) in [5, 5.41) is 0. The monoisotopic (exact) mass is 342 g/mol. The van der Waals surface area contributed by atoms with Gasteiger partial charge in [0.1, 0.15) is 11.9 Å². The third-order valence-electron chi connectivity index (χ3n) is 4.05. The zero-order chi connectivity index (χ0) is 17.0. The summed E-state index contributed by atoms with van der Waals surface area (Å²) in [6.45, 7) is 2.31. The Bertz CT molecular complexity index is 663. The van der Waals surface area contributed by atoms with Crippen LogP contribution in [0.2, 0.25) is 0 Å². The van der Waals surface area contributed by atoms with Crippen LogP contribution in [0.5, 0.6) is 0 Å². The molecular formula is C16H23FN2O3S. The Labute approximate surface area is 137 Å². The van der Waals surface area contributed by atoms with E-state index in [1.54, 1.807) is 32.2 Å². The van der Waals surface area contributed by atoms with Gasteiger partial charge in [-0.3, -0.25) is 4.79 Å². The molecule has 1 aliphatic rings. The second kappa shape index (κ2) is 7.40. The summed E-state index contributed by atoms with van der Waals surface area (Å²) in [5.74, 6) is -0.590. The van der Waals surface area contributed by atoms with Crippen molar-refractivity contribution in [1.29, 1.82) is 0 Å². The van der Waals surface area contributed by atoms with Crippen molar-refractivity contribution in [2.75, 3.05) is 19.3 Å². The fourth-order valence-corrected chi connectivity index (χ4v) is 4.65. The van der Waals surface area contributed by atoms with Gasteiger partial charge in [0.25, 0.3) is 0 Å². The minimum atomic E-state index is -3.41. The molecule has 1 amide bonds. The lowest BCUT2D eigenvalue weighted by molar-refractivity contribution is -0.133. The van der Waals surface area contributed by atoms with Gasteiger partial charge in [-0.15, -0.1) is 0 Å². The molecule has 7 heteroatoms. The average molecular weight is 342 g/mol. The largest absolute Gasteiger partial charge is 0.340 e. The van der Waals surface area contributed by atoms with Crippen LogP contribution in [-0.2, 0) is 21.4 Å². The van der Waals surface area contributed by atoms with Crippen LogP contribution in [0.1, 0.15) is 31.7 Å². The van der Waals surface area contributed by atoms with Gasteiger partial charge in [-0.25, -0.2) is 12.8 Å². The standard InChI is InChI=1S/C16H23FN2O3S/c1-3-11-23(21,22)19-10-6-9-15(19)16(20)18(2)12-13-7-4-5-8-14(13)17/h4-5,7-8,15H,3,6,9-12H2,1-2H3. The van der Waals surface area contributed by atoms with E-state index >= 15 is 0 Å². The molecule has 128 valence electrons. The zero-order valence-corrected chi connectivity index (χ0v) is 14.4. The normalized spacial score (nSPS) is 19.0. The van der Waals surface area contributed by atoms with E-state index in [1.165, 1.54) is 15.3 Å². The quantitative estimate of drug-likeness (QED) is 0.794. The van der Waals surface area contributed by atoms with Crippen molar-refractivity contribution < 1.29 is 17.6 Å². The molecule has 5 nitrogen and oxygen atoms in total. The molecule has 1 aromatic rings. The Balaban J connectivity index is 2.11. The highest BCUT2D eigenvalue weighted by molar-refractivity contribution is 7.89. The summed E-state index contributed by atoms with van der Waals surface area (Å²) in [5.41, 5.74) is 0.421. The van der Waals surface area contributed by atoms with Gasteiger partial charge in [0, 0.05) is 25.7 Å². The highest BCUT2D eigenvalue weighted by atomic mass is 32.2. The number of halogens is 1. The number of benzene rings is 1. The lowest BCUT2D eigenvalue weighted by Crippen LogP contribution is -2.47. The number of carbonyl (C=O) groups excluding carboxylic acids is 1. The minimum absolute atomic E-state index is 0.0494. The van der Waals surface area contributed by atoms with Crippen molar-refractivity contribution in [1.82, 2.24) is 9.21 Å². The molecule has 23 heavy (non-hydrogen) atoms. The molecule has 1 atom stereocenters. The molecule has 0 radical (unpaired) electrons. The van der Waals surface area contributed by atoms with E-state index in [-0.39, 0.29) is 24.0 Å². The number of rotatable bonds is 6. The fourth-order valence-electron chi connectivity index (χ4n) is 2.91. The Morgan fingerprint density at radius 1 is 1.39 bits per heavy atom. The van der Waals surface area contributed by atoms with Gasteiger partial charge in [0.15, 0.2) is 0 Å². The summed E-state index contributed by atoms with van der Waals surface area (Å²) in [4.78, 5) is 14.0. The van der Waals surface area contributed by atoms with E-state index in [0.717, 1.165) is 0 Å². The van der Waals surface area contributed by atoms with Crippen LogP contribution in [0.4, 0.5) is 4.39 Å². The van der Waals surface area contributed by atoms with Crippen LogP contribution < -0.4 is 0 Å². The molecule has 2 rings (SSSR count). The van der Waals surface area contributed by atoms with E-state index < -0.39 is 16.1 Å². The van der Waals surface area contributed by atoms with Crippen LogP contribution in [0.25, 0.3) is 0 Å². The van der Waals surface area contributed by atoms with Gasteiger partial charge >= 0.3 is 0 Å². The van der Waals surface area contributed by atoms with Crippen LogP contribution in [0.15, 0.2) is 24.3 Å². The average Bonchev–Trinajstić information content (AvgIpc) is 2.99. The first-order valence-corrected chi connectivity index (χ1v) is 9.45. The molecule has 0 bridgehead atoms. The first-order chi connectivity index (χ1) is 10.9. The Morgan fingerprint density at radius 2 is 2.09 bits per heavy atom. The van der Waals surface area contributed by atoms with Gasteiger partial charge < -0.3 is 4.90 Å². The van der Waals surface area contributed by atoms with Crippen LogP contribution in [0, 0.1) is 5.82 Å². The van der Waals surface area contributed by atoms with E-state index in [0.29, 0.717) is 31.4 Å². The Hall–Kier alpha value is -1.47. The number of sulfonamides is 1. The highest BCUT2D eigenvalue weighted by Gasteiger charge is 2.39. The van der Waals surface area contributed by atoms with Gasteiger partial charge in [-0.05, 0) is 25.3 Å². The number of hydrogen-bond acceptors (Lipinski definition) is 3. The molecule has 1 aliphatic heterocycles. The number of amides is 1. The maximum atomic E-state index is 13.7. The molecule has 1 fully saturated rings. The zero-order valence-electron chi connectivity index (χ0n) is 13.5. The van der Waals surface area contributed by atoms with Crippen LogP contribution in [0.3, 0.4) is 0 Å². The summed E-state index contributed by atoms with van der Waals surface area (Å²) in [6, 6.07) is 5.62. The third kappa shape index (κ3) is 4.09. The number of carbonyl (C=O) groups is 1. The molecule has 1 aromatic carbocycles. The number of hydrogen-bond donors (Lipinski definition) is 0. The molecule has 0 aliphatic carbocycles. The Morgan fingerprint density at radius 3 is 2.74 bits per heavy atom. The molecule has 0 spiro atoms. The number of likely N-dealkylation sites (N-methyl/N-ethyl adjacent to an activating group) is 1. The van der Waals surface area contributed by atoms with Crippen molar-refractivity contribution in [3.63, 3.8) is 0 Å². The lowest BCUT2D eigenvalue weighted by atomic mass is 10.1. The SMILES string of the molecule is CCCS(=O)(=O)N1CCCC1C(=O)N(C)Cc1ccccc1F. The van der Waals surface area contributed by atoms with E-state index in [9.17, 15) is 17.6 Å². The van der Waals surface area contributed by atoms with E-state index in [2.05, 4.69) is 0 Å². The second-order valence-corrected chi connectivity index (χ2v) is 7.91. The molecule has 1 saturated heterocycles. The van der Waals surface area contributed by atoms with Crippen molar-refractivity contribution in [2.24, 2.45) is 0 Å². The van der Waals surface area contributed by atoms with Gasteiger partial charge in [0.05, 0.1) is 5.75 Å². The predicted molar refractivity (Wildman–Crippen MR) is 86.7 cm³/mol. The van der Waals surface area contributed by atoms with E-state index in [4.69, 9.17) is 0 Å². The lowest BCUT2D eigenvalue weighted by Gasteiger charge is -2.27. The molecule has 0 saturated carbocycles. The summed E-state index contributed by atoms with van der Waals surface area (Å²) < 4.78 is 39.6. The molecule has 1 unspecified atom stereocenters. The molecule has 1 heterocycles. The summed E-state index contributed by atoms with van der Waals surface area (Å²) in [7, 11) is -1.83. The fraction of sp³-hybridized carbons (Fsp3) is 0.562. The maximum absolute atomic E-state index is 13.7. The predicted octanol–water partition coefficient (Wildman–Crippen LogP) is 1.99. The second-order valence-electron chi connectivity index (χ2n) is 5.87. The topological polar surface area (TPSA) is 57.7 Å². The van der Waals surface area contributed by atoms with Crippen LogP contribution in [-0.4, -0.2) is 48.9 Å². The van der Waals surface area contributed by atoms with Crippen molar-refractivity contribution in [3.8, 4) is 0 Å². The first-order valence-electron chi connectivity index (χ1n) is 7.84. The summed E-state index contributed by atoms with van der Waals surface area (Å²) in [6.07, 6.45) is 1.71. The maximum Gasteiger partial charge on any atom is 0.241 e. The minimum Gasteiger partial charge on any atom is -0.340 e. The van der Waals surface area contributed by atoms with Crippen molar-refractivity contribution >= 4 is 15.9 Å². The van der Waals surface area contributed by atoms with Gasteiger partial charge in [-0.1, -0.05) is 25.1 Å².